The lowest BCUT2D eigenvalue weighted by molar-refractivity contribution is -0.181. The first kappa shape index (κ1) is 13.9. The lowest BCUT2D eigenvalue weighted by Gasteiger charge is -2.23. The quantitative estimate of drug-likeness (QED) is 0.622. The maximum absolute atomic E-state index is 9.54. The van der Waals surface area contributed by atoms with Gasteiger partial charge in [-0.1, -0.05) is 6.42 Å². The normalized spacial score (nSPS) is 19.9. The molecule has 0 amide bonds. The summed E-state index contributed by atoms with van der Waals surface area (Å²) in [6.07, 6.45) is 5.86. The van der Waals surface area contributed by atoms with E-state index in [-0.39, 0.29) is 19.0 Å². The van der Waals surface area contributed by atoms with E-state index in [2.05, 4.69) is 0 Å². The van der Waals surface area contributed by atoms with Gasteiger partial charge in [0.25, 0.3) is 0 Å². The third-order valence-corrected chi connectivity index (χ3v) is 2.82. The van der Waals surface area contributed by atoms with Gasteiger partial charge in [-0.3, -0.25) is 0 Å². The van der Waals surface area contributed by atoms with Crippen LogP contribution in [0.15, 0.2) is 0 Å². The predicted molar refractivity (Wildman–Crippen MR) is 61.1 cm³/mol. The Labute approximate surface area is 97.6 Å². The minimum absolute atomic E-state index is 0.0247. The predicted octanol–water partition coefficient (Wildman–Crippen LogP) is 1.44. The minimum Gasteiger partial charge on any atom is -0.396 e. The summed E-state index contributed by atoms with van der Waals surface area (Å²) in [7, 11) is 0. The van der Waals surface area contributed by atoms with Crippen molar-refractivity contribution in [3.05, 3.63) is 0 Å². The van der Waals surface area contributed by atoms with Crippen molar-refractivity contribution in [1.29, 1.82) is 0 Å². The van der Waals surface area contributed by atoms with E-state index in [9.17, 15) is 5.11 Å². The van der Waals surface area contributed by atoms with Crippen molar-refractivity contribution in [2.24, 2.45) is 0 Å². The van der Waals surface area contributed by atoms with Gasteiger partial charge in [-0.25, -0.2) is 0 Å². The molecule has 0 saturated carbocycles. The first-order valence-electron chi connectivity index (χ1n) is 6.35. The van der Waals surface area contributed by atoms with Gasteiger partial charge in [-0.2, -0.15) is 0 Å². The molecule has 1 atom stereocenters. The number of unbranched alkanes of at least 4 members (excludes halogenated alkanes) is 1. The zero-order valence-corrected chi connectivity index (χ0v) is 9.94. The van der Waals surface area contributed by atoms with Gasteiger partial charge >= 0.3 is 0 Å². The zero-order chi connectivity index (χ0) is 11.6. The van der Waals surface area contributed by atoms with Crippen LogP contribution in [0.5, 0.6) is 0 Å². The summed E-state index contributed by atoms with van der Waals surface area (Å²) in [5.74, 6) is 0. The molecule has 0 unspecified atom stereocenters. The van der Waals surface area contributed by atoms with Gasteiger partial charge in [0.05, 0.1) is 19.3 Å². The van der Waals surface area contributed by atoms with Crippen LogP contribution >= 0.6 is 0 Å². The fourth-order valence-corrected chi connectivity index (χ4v) is 1.87. The van der Waals surface area contributed by atoms with Crippen molar-refractivity contribution < 1.29 is 19.7 Å². The average molecular weight is 232 g/mol. The van der Waals surface area contributed by atoms with E-state index in [4.69, 9.17) is 14.6 Å². The van der Waals surface area contributed by atoms with Crippen molar-refractivity contribution in [3.8, 4) is 0 Å². The molecule has 0 aromatic carbocycles. The Morgan fingerprint density at radius 2 is 1.75 bits per heavy atom. The van der Waals surface area contributed by atoms with Gasteiger partial charge in [0.1, 0.15) is 0 Å². The molecule has 0 radical (unpaired) electrons. The molecule has 0 bridgehead atoms. The SMILES string of the molecule is OCCC[C@H](O)CCCCC1OCCCO1. The van der Waals surface area contributed by atoms with Gasteiger partial charge in [0, 0.05) is 6.61 Å². The number of ether oxygens (including phenoxy) is 2. The highest BCUT2D eigenvalue weighted by molar-refractivity contribution is 4.58. The molecule has 1 heterocycles. The summed E-state index contributed by atoms with van der Waals surface area (Å²) >= 11 is 0. The van der Waals surface area contributed by atoms with Crippen LogP contribution in [-0.2, 0) is 9.47 Å². The van der Waals surface area contributed by atoms with Crippen molar-refractivity contribution in [3.63, 3.8) is 0 Å². The molecule has 4 nitrogen and oxygen atoms in total. The van der Waals surface area contributed by atoms with E-state index in [1.807, 2.05) is 0 Å². The van der Waals surface area contributed by atoms with Crippen LogP contribution in [0, 0.1) is 0 Å². The second kappa shape index (κ2) is 8.93. The maximum Gasteiger partial charge on any atom is 0.157 e. The van der Waals surface area contributed by atoms with Crippen molar-refractivity contribution in [1.82, 2.24) is 0 Å². The van der Waals surface area contributed by atoms with E-state index in [1.165, 1.54) is 0 Å². The van der Waals surface area contributed by atoms with Crippen LogP contribution < -0.4 is 0 Å². The van der Waals surface area contributed by atoms with Crippen molar-refractivity contribution in [2.75, 3.05) is 19.8 Å². The largest absolute Gasteiger partial charge is 0.396 e. The monoisotopic (exact) mass is 232 g/mol. The molecule has 1 aliphatic heterocycles. The Hall–Kier alpha value is -0.160. The number of hydrogen-bond acceptors (Lipinski definition) is 4. The Balaban J connectivity index is 1.90. The molecular formula is C12H24O4. The molecule has 0 aliphatic carbocycles. The summed E-state index contributed by atoms with van der Waals surface area (Å²) in [5, 5.41) is 18.2. The molecule has 0 aromatic heterocycles. The molecule has 4 heteroatoms. The number of aliphatic hydroxyl groups excluding tert-OH is 2. The van der Waals surface area contributed by atoms with E-state index in [0.29, 0.717) is 12.8 Å². The first-order chi connectivity index (χ1) is 7.83. The zero-order valence-electron chi connectivity index (χ0n) is 9.94. The molecule has 1 aliphatic rings. The van der Waals surface area contributed by atoms with E-state index < -0.39 is 0 Å². The van der Waals surface area contributed by atoms with Gasteiger partial charge < -0.3 is 19.7 Å². The van der Waals surface area contributed by atoms with Gasteiger partial charge in [-0.05, 0) is 38.5 Å². The summed E-state index contributed by atoms with van der Waals surface area (Å²) in [5.41, 5.74) is 0. The molecule has 0 aromatic rings. The lowest BCUT2D eigenvalue weighted by atomic mass is 10.1. The smallest absolute Gasteiger partial charge is 0.157 e. The highest BCUT2D eigenvalue weighted by atomic mass is 16.7. The van der Waals surface area contributed by atoms with Gasteiger partial charge in [0.15, 0.2) is 6.29 Å². The standard InChI is InChI=1S/C12H24O4/c13-8-3-6-11(14)5-1-2-7-12-15-9-4-10-16-12/h11-14H,1-10H2/t11-/m1/s1. The molecular weight excluding hydrogens is 208 g/mol. The second-order valence-corrected chi connectivity index (χ2v) is 4.33. The highest BCUT2D eigenvalue weighted by Gasteiger charge is 2.13. The van der Waals surface area contributed by atoms with Crippen molar-refractivity contribution in [2.45, 2.75) is 57.3 Å². The Morgan fingerprint density at radius 3 is 2.44 bits per heavy atom. The van der Waals surface area contributed by atoms with Crippen LogP contribution in [0.3, 0.4) is 0 Å². The number of aliphatic hydroxyl groups is 2. The topological polar surface area (TPSA) is 58.9 Å². The first-order valence-corrected chi connectivity index (χ1v) is 6.35. The van der Waals surface area contributed by atoms with E-state index >= 15 is 0 Å². The van der Waals surface area contributed by atoms with Crippen LogP contribution in [0.25, 0.3) is 0 Å². The third-order valence-electron chi connectivity index (χ3n) is 2.82. The van der Waals surface area contributed by atoms with E-state index in [0.717, 1.165) is 45.3 Å². The minimum atomic E-state index is -0.264. The molecule has 1 saturated heterocycles. The Morgan fingerprint density at radius 1 is 1.06 bits per heavy atom. The average Bonchev–Trinajstić information content (AvgIpc) is 2.33. The van der Waals surface area contributed by atoms with Crippen LogP contribution in [0.2, 0.25) is 0 Å². The summed E-state index contributed by atoms with van der Waals surface area (Å²) in [6, 6.07) is 0. The summed E-state index contributed by atoms with van der Waals surface area (Å²) in [4.78, 5) is 0. The second-order valence-electron chi connectivity index (χ2n) is 4.33. The Bertz CT molecular complexity index is 157. The highest BCUT2D eigenvalue weighted by Crippen LogP contribution is 2.14. The number of rotatable bonds is 8. The fraction of sp³-hybridized carbons (Fsp3) is 1.00. The van der Waals surface area contributed by atoms with Gasteiger partial charge in [-0.15, -0.1) is 0 Å². The van der Waals surface area contributed by atoms with Crippen LogP contribution in [0.4, 0.5) is 0 Å². The molecule has 1 fully saturated rings. The molecule has 2 N–H and O–H groups in total. The molecule has 0 spiro atoms. The van der Waals surface area contributed by atoms with Gasteiger partial charge in [0.2, 0.25) is 0 Å². The van der Waals surface area contributed by atoms with E-state index in [1.54, 1.807) is 0 Å². The Kier molecular flexibility index (Phi) is 7.76. The van der Waals surface area contributed by atoms with Crippen molar-refractivity contribution >= 4 is 0 Å². The molecule has 16 heavy (non-hydrogen) atoms. The molecule has 1 rings (SSSR count). The maximum atomic E-state index is 9.54. The summed E-state index contributed by atoms with van der Waals surface area (Å²) < 4.78 is 10.9. The van der Waals surface area contributed by atoms with Crippen LogP contribution in [-0.4, -0.2) is 42.4 Å². The number of hydrogen-bond donors (Lipinski definition) is 2. The third kappa shape index (κ3) is 6.43. The fourth-order valence-electron chi connectivity index (χ4n) is 1.87. The lowest BCUT2D eigenvalue weighted by Crippen LogP contribution is -2.24. The summed E-state index contributed by atoms with van der Waals surface area (Å²) in [6.45, 7) is 1.79. The molecule has 96 valence electrons. The van der Waals surface area contributed by atoms with Crippen LogP contribution in [0.1, 0.15) is 44.9 Å².